The monoisotopic (exact) mass is 409 g/mol. The normalized spacial score (nSPS) is 11.7. The van der Waals surface area contributed by atoms with Crippen LogP contribution in [0.25, 0.3) is 6.08 Å². The van der Waals surface area contributed by atoms with Crippen molar-refractivity contribution in [2.75, 3.05) is 31.6 Å². The summed E-state index contributed by atoms with van der Waals surface area (Å²) >= 11 is 0. The molecule has 0 heterocycles. The number of para-hydroxylation sites is 1. The summed E-state index contributed by atoms with van der Waals surface area (Å²) in [5.74, 6) is 0.256. The minimum atomic E-state index is -0.602. The van der Waals surface area contributed by atoms with Gasteiger partial charge in [0.25, 0.3) is 0 Å². The molecular formula is C24H31N3O3. The largest absolute Gasteiger partial charge is 0.497 e. The van der Waals surface area contributed by atoms with Crippen LogP contribution in [0.1, 0.15) is 25.8 Å². The van der Waals surface area contributed by atoms with E-state index in [0.29, 0.717) is 6.54 Å². The minimum absolute atomic E-state index is 0.191. The number of hydrogen-bond donors (Lipinski definition) is 2. The SMILES string of the molecule is CCN(CCCNC(=O)[C@@H](C)NC(=O)/C=C/c1ccc(OC)cc1)c1ccccc1. The Balaban J connectivity index is 1.70. The van der Waals surface area contributed by atoms with Crippen molar-refractivity contribution in [2.45, 2.75) is 26.3 Å². The summed E-state index contributed by atoms with van der Waals surface area (Å²) in [5.41, 5.74) is 2.05. The topological polar surface area (TPSA) is 70.7 Å². The Hall–Kier alpha value is -3.28. The number of rotatable bonds is 11. The van der Waals surface area contributed by atoms with E-state index in [1.54, 1.807) is 20.1 Å². The fourth-order valence-electron chi connectivity index (χ4n) is 2.96. The van der Waals surface area contributed by atoms with Crippen molar-refractivity contribution in [1.29, 1.82) is 0 Å². The van der Waals surface area contributed by atoms with Crippen LogP contribution in [0, 0.1) is 0 Å². The number of benzene rings is 2. The zero-order valence-electron chi connectivity index (χ0n) is 17.9. The molecule has 30 heavy (non-hydrogen) atoms. The van der Waals surface area contributed by atoms with Gasteiger partial charge in [0.15, 0.2) is 0 Å². The smallest absolute Gasteiger partial charge is 0.244 e. The molecule has 0 spiro atoms. The van der Waals surface area contributed by atoms with E-state index in [-0.39, 0.29) is 11.8 Å². The van der Waals surface area contributed by atoms with E-state index in [9.17, 15) is 9.59 Å². The molecule has 0 aliphatic rings. The molecule has 1 atom stereocenters. The molecule has 6 nitrogen and oxygen atoms in total. The molecule has 0 aliphatic heterocycles. The van der Waals surface area contributed by atoms with Gasteiger partial charge < -0.3 is 20.3 Å². The van der Waals surface area contributed by atoms with Crippen LogP contribution in [-0.4, -0.2) is 44.6 Å². The van der Waals surface area contributed by atoms with Gasteiger partial charge in [0.05, 0.1) is 7.11 Å². The molecule has 2 rings (SSSR count). The van der Waals surface area contributed by atoms with Gasteiger partial charge in [-0.3, -0.25) is 9.59 Å². The Morgan fingerprint density at radius 2 is 1.80 bits per heavy atom. The van der Waals surface area contributed by atoms with E-state index >= 15 is 0 Å². The van der Waals surface area contributed by atoms with Gasteiger partial charge in [0.2, 0.25) is 11.8 Å². The second-order valence-corrected chi connectivity index (χ2v) is 6.90. The van der Waals surface area contributed by atoms with Crippen molar-refractivity contribution < 1.29 is 14.3 Å². The van der Waals surface area contributed by atoms with E-state index in [1.165, 1.54) is 11.8 Å². The number of anilines is 1. The van der Waals surface area contributed by atoms with Crippen molar-refractivity contribution in [3.63, 3.8) is 0 Å². The highest BCUT2D eigenvalue weighted by Gasteiger charge is 2.13. The maximum Gasteiger partial charge on any atom is 0.244 e. The highest BCUT2D eigenvalue weighted by atomic mass is 16.5. The second kappa shape index (κ2) is 12.3. The lowest BCUT2D eigenvalue weighted by Gasteiger charge is -2.23. The van der Waals surface area contributed by atoms with Gasteiger partial charge in [0.1, 0.15) is 11.8 Å². The third-order valence-corrected chi connectivity index (χ3v) is 4.70. The maximum absolute atomic E-state index is 12.2. The van der Waals surface area contributed by atoms with Crippen molar-refractivity contribution in [1.82, 2.24) is 10.6 Å². The Morgan fingerprint density at radius 1 is 1.10 bits per heavy atom. The lowest BCUT2D eigenvalue weighted by molar-refractivity contribution is -0.126. The number of nitrogens with one attached hydrogen (secondary N) is 2. The molecule has 0 bridgehead atoms. The molecule has 0 fully saturated rings. The Bertz CT molecular complexity index is 819. The van der Waals surface area contributed by atoms with Crippen molar-refractivity contribution in [3.8, 4) is 5.75 Å². The molecule has 0 unspecified atom stereocenters. The number of nitrogens with zero attached hydrogens (tertiary/aromatic N) is 1. The number of carbonyl (C=O) groups is 2. The number of methoxy groups -OCH3 is 1. The summed E-state index contributed by atoms with van der Waals surface area (Å²) in [6.45, 7) is 6.11. The molecule has 0 aromatic heterocycles. The van der Waals surface area contributed by atoms with E-state index in [1.807, 2.05) is 42.5 Å². The zero-order chi connectivity index (χ0) is 21.8. The maximum atomic E-state index is 12.2. The van der Waals surface area contributed by atoms with Gasteiger partial charge in [-0.1, -0.05) is 30.3 Å². The minimum Gasteiger partial charge on any atom is -0.497 e. The van der Waals surface area contributed by atoms with Crippen molar-refractivity contribution >= 4 is 23.6 Å². The fourth-order valence-corrected chi connectivity index (χ4v) is 2.96. The third-order valence-electron chi connectivity index (χ3n) is 4.70. The third kappa shape index (κ3) is 7.62. The Kier molecular flexibility index (Phi) is 9.45. The van der Waals surface area contributed by atoms with E-state index < -0.39 is 6.04 Å². The van der Waals surface area contributed by atoms with Crippen LogP contribution in [-0.2, 0) is 9.59 Å². The quantitative estimate of drug-likeness (QED) is 0.442. The van der Waals surface area contributed by atoms with Crippen molar-refractivity contribution in [2.24, 2.45) is 0 Å². The van der Waals surface area contributed by atoms with Gasteiger partial charge in [0, 0.05) is 31.4 Å². The van der Waals surface area contributed by atoms with Gasteiger partial charge in [-0.25, -0.2) is 0 Å². The zero-order valence-corrected chi connectivity index (χ0v) is 17.9. The van der Waals surface area contributed by atoms with Crippen LogP contribution in [0.5, 0.6) is 5.75 Å². The molecule has 2 amide bonds. The van der Waals surface area contributed by atoms with Gasteiger partial charge in [-0.15, -0.1) is 0 Å². The summed E-state index contributed by atoms with van der Waals surface area (Å²) in [6, 6.07) is 17.0. The molecule has 2 N–H and O–H groups in total. The first kappa shape index (κ1) is 23.0. The Morgan fingerprint density at radius 3 is 2.43 bits per heavy atom. The molecule has 2 aromatic carbocycles. The van der Waals surface area contributed by atoms with Crippen LogP contribution in [0.3, 0.4) is 0 Å². The first-order valence-corrected chi connectivity index (χ1v) is 10.2. The number of hydrogen-bond acceptors (Lipinski definition) is 4. The first-order chi connectivity index (χ1) is 14.5. The number of carbonyl (C=O) groups excluding carboxylic acids is 2. The Labute approximate surface area is 178 Å². The molecule has 160 valence electrons. The summed E-state index contributed by atoms with van der Waals surface area (Å²) in [7, 11) is 1.60. The second-order valence-electron chi connectivity index (χ2n) is 6.90. The van der Waals surface area contributed by atoms with E-state index in [4.69, 9.17) is 4.74 Å². The lowest BCUT2D eigenvalue weighted by Crippen LogP contribution is -2.44. The average Bonchev–Trinajstić information content (AvgIpc) is 2.78. The van der Waals surface area contributed by atoms with Crippen LogP contribution >= 0.6 is 0 Å². The van der Waals surface area contributed by atoms with Crippen LogP contribution in [0.4, 0.5) is 5.69 Å². The average molecular weight is 410 g/mol. The molecule has 0 radical (unpaired) electrons. The van der Waals surface area contributed by atoms with Crippen LogP contribution < -0.4 is 20.3 Å². The predicted molar refractivity (Wildman–Crippen MR) is 122 cm³/mol. The fraction of sp³-hybridized carbons (Fsp3) is 0.333. The van der Waals surface area contributed by atoms with Crippen LogP contribution in [0.2, 0.25) is 0 Å². The highest BCUT2D eigenvalue weighted by molar-refractivity contribution is 5.95. The lowest BCUT2D eigenvalue weighted by atomic mass is 10.2. The van der Waals surface area contributed by atoms with Gasteiger partial charge >= 0.3 is 0 Å². The van der Waals surface area contributed by atoms with E-state index in [0.717, 1.165) is 30.8 Å². The number of ether oxygens (including phenoxy) is 1. The molecular weight excluding hydrogens is 378 g/mol. The van der Waals surface area contributed by atoms with Gasteiger partial charge in [-0.05, 0) is 56.2 Å². The summed E-state index contributed by atoms with van der Waals surface area (Å²) in [6.07, 6.45) is 3.94. The summed E-state index contributed by atoms with van der Waals surface area (Å²) in [4.78, 5) is 26.6. The van der Waals surface area contributed by atoms with E-state index in [2.05, 4.69) is 34.6 Å². The van der Waals surface area contributed by atoms with Gasteiger partial charge in [-0.2, -0.15) is 0 Å². The van der Waals surface area contributed by atoms with Crippen molar-refractivity contribution in [3.05, 3.63) is 66.2 Å². The molecule has 6 heteroatoms. The molecule has 0 aliphatic carbocycles. The molecule has 0 saturated heterocycles. The molecule has 0 saturated carbocycles. The standard InChI is InChI=1S/C24H31N3O3/c1-4-27(21-9-6-5-7-10-21)18-8-17-25-24(29)19(2)26-23(28)16-13-20-11-14-22(30-3)15-12-20/h5-7,9-16,19H,4,8,17-18H2,1-3H3,(H,25,29)(H,26,28)/b16-13+/t19-/m1/s1. The number of amides is 2. The molecule has 2 aromatic rings. The first-order valence-electron chi connectivity index (χ1n) is 10.2. The van der Waals surface area contributed by atoms with Crippen LogP contribution in [0.15, 0.2) is 60.7 Å². The summed E-state index contributed by atoms with van der Waals surface area (Å²) in [5, 5.41) is 5.57. The highest BCUT2D eigenvalue weighted by Crippen LogP contribution is 2.13. The summed E-state index contributed by atoms with van der Waals surface area (Å²) < 4.78 is 5.11. The predicted octanol–water partition coefficient (Wildman–Crippen LogP) is 3.25.